The number of benzene rings is 1. The predicted molar refractivity (Wildman–Crippen MR) is 106 cm³/mol. The highest BCUT2D eigenvalue weighted by Crippen LogP contribution is 2.28. The first-order valence-corrected chi connectivity index (χ1v) is 9.07. The number of nitriles is 1. The fourth-order valence-corrected chi connectivity index (χ4v) is 3.44. The number of aromatic nitrogens is 3. The second-order valence-electron chi connectivity index (χ2n) is 5.77. The number of methoxy groups -OCH3 is 1. The Hall–Kier alpha value is -3.83. The summed E-state index contributed by atoms with van der Waals surface area (Å²) in [5, 5.41) is 12.2. The third-order valence-corrected chi connectivity index (χ3v) is 4.85. The number of hydrogen-bond donors (Lipinski definition) is 1. The lowest BCUT2D eigenvalue weighted by atomic mass is 10.1. The van der Waals surface area contributed by atoms with Crippen molar-refractivity contribution in [2.75, 3.05) is 12.4 Å². The first kappa shape index (κ1) is 17.6. The zero-order valence-electron chi connectivity index (χ0n) is 14.7. The van der Waals surface area contributed by atoms with Crippen molar-refractivity contribution in [3.05, 3.63) is 65.9 Å². The van der Waals surface area contributed by atoms with Crippen molar-refractivity contribution in [3.8, 4) is 23.2 Å². The van der Waals surface area contributed by atoms with Crippen molar-refractivity contribution >= 4 is 32.7 Å². The lowest BCUT2D eigenvalue weighted by Crippen LogP contribution is -2.11. The van der Waals surface area contributed by atoms with E-state index in [2.05, 4.69) is 20.3 Å². The molecule has 0 saturated carbocycles. The van der Waals surface area contributed by atoms with Crippen LogP contribution >= 0.6 is 11.3 Å². The quantitative estimate of drug-likeness (QED) is 0.570. The number of anilines is 1. The van der Waals surface area contributed by atoms with Crippen molar-refractivity contribution in [1.82, 2.24) is 15.0 Å². The van der Waals surface area contributed by atoms with Crippen LogP contribution < -0.4 is 10.1 Å². The van der Waals surface area contributed by atoms with E-state index in [1.807, 2.05) is 24.3 Å². The molecule has 0 aliphatic carbocycles. The number of carbonyl (C=O) groups is 1. The van der Waals surface area contributed by atoms with E-state index in [0.29, 0.717) is 32.5 Å². The van der Waals surface area contributed by atoms with Crippen molar-refractivity contribution in [2.45, 2.75) is 0 Å². The van der Waals surface area contributed by atoms with E-state index >= 15 is 0 Å². The van der Waals surface area contributed by atoms with Crippen LogP contribution in [0.3, 0.4) is 0 Å². The minimum Gasteiger partial charge on any atom is -0.481 e. The normalized spacial score (nSPS) is 10.4. The first-order chi connectivity index (χ1) is 13.7. The van der Waals surface area contributed by atoms with Crippen LogP contribution in [-0.4, -0.2) is 28.0 Å². The summed E-state index contributed by atoms with van der Waals surface area (Å²) in [6.45, 7) is 0. The van der Waals surface area contributed by atoms with Gasteiger partial charge in [0.2, 0.25) is 5.88 Å². The van der Waals surface area contributed by atoms with Gasteiger partial charge in [0, 0.05) is 23.4 Å². The van der Waals surface area contributed by atoms with Crippen LogP contribution in [0.5, 0.6) is 5.88 Å². The highest BCUT2D eigenvalue weighted by atomic mass is 32.1. The molecule has 0 spiro atoms. The van der Waals surface area contributed by atoms with Gasteiger partial charge in [0.1, 0.15) is 10.3 Å². The Morgan fingerprint density at radius 2 is 2.07 bits per heavy atom. The van der Waals surface area contributed by atoms with Crippen molar-refractivity contribution in [1.29, 1.82) is 5.26 Å². The fourth-order valence-electron chi connectivity index (χ4n) is 2.61. The van der Waals surface area contributed by atoms with Crippen LogP contribution in [0.25, 0.3) is 21.6 Å². The van der Waals surface area contributed by atoms with Crippen LogP contribution in [0.4, 0.5) is 5.13 Å². The number of hydrogen-bond acceptors (Lipinski definition) is 7. The monoisotopic (exact) mass is 387 g/mol. The molecule has 0 unspecified atom stereocenters. The van der Waals surface area contributed by atoms with E-state index < -0.39 is 0 Å². The highest BCUT2D eigenvalue weighted by molar-refractivity contribution is 7.22. The molecule has 0 saturated heterocycles. The minimum atomic E-state index is -0.324. The van der Waals surface area contributed by atoms with Crippen LogP contribution in [0, 0.1) is 11.3 Å². The maximum absolute atomic E-state index is 12.4. The van der Waals surface area contributed by atoms with Gasteiger partial charge in [-0.2, -0.15) is 5.26 Å². The summed E-state index contributed by atoms with van der Waals surface area (Å²) in [5.74, 6) is 0.187. The number of pyridine rings is 2. The van der Waals surface area contributed by atoms with E-state index in [0.717, 1.165) is 11.3 Å². The maximum atomic E-state index is 12.4. The Morgan fingerprint density at radius 3 is 2.89 bits per heavy atom. The molecule has 136 valence electrons. The number of nitrogens with one attached hydrogen (secondary N) is 1. The summed E-state index contributed by atoms with van der Waals surface area (Å²) < 4.78 is 5.15. The molecule has 3 aromatic heterocycles. The van der Waals surface area contributed by atoms with Crippen molar-refractivity contribution < 1.29 is 9.53 Å². The van der Waals surface area contributed by atoms with Crippen LogP contribution in [-0.2, 0) is 0 Å². The van der Waals surface area contributed by atoms with Crippen LogP contribution in [0.2, 0.25) is 0 Å². The minimum absolute atomic E-state index is 0.324. The van der Waals surface area contributed by atoms with E-state index in [1.54, 1.807) is 37.6 Å². The van der Waals surface area contributed by atoms with Crippen molar-refractivity contribution in [3.63, 3.8) is 0 Å². The molecule has 0 bridgehead atoms. The van der Waals surface area contributed by atoms with E-state index in [-0.39, 0.29) is 5.91 Å². The van der Waals surface area contributed by atoms with Crippen molar-refractivity contribution in [2.24, 2.45) is 0 Å². The molecule has 4 rings (SSSR count). The number of thiazole rings is 1. The lowest BCUT2D eigenvalue weighted by Gasteiger charge is -2.02. The predicted octanol–water partition coefficient (Wildman–Crippen LogP) is 3.89. The number of nitrogens with zero attached hydrogens (tertiary/aromatic N) is 4. The smallest absolute Gasteiger partial charge is 0.257 e. The van der Waals surface area contributed by atoms with Gasteiger partial charge in [-0.15, -0.1) is 0 Å². The number of carbonyl (C=O) groups excluding carboxylic acids is 1. The third kappa shape index (κ3) is 3.51. The van der Waals surface area contributed by atoms with Gasteiger partial charge in [0.15, 0.2) is 5.13 Å². The zero-order chi connectivity index (χ0) is 19.5. The highest BCUT2D eigenvalue weighted by Gasteiger charge is 2.12. The molecule has 7 nitrogen and oxygen atoms in total. The zero-order valence-corrected chi connectivity index (χ0v) is 15.5. The number of ether oxygens (including phenoxy) is 1. The van der Waals surface area contributed by atoms with Gasteiger partial charge >= 0.3 is 0 Å². The summed E-state index contributed by atoms with van der Waals surface area (Å²) in [7, 11) is 1.56. The lowest BCUT2D eigenvalue weighted by molar-refractivity contribution is 0.102. The molecule has 1 amide bonds. The number of fused-ring (bicyclic) bond motifs is 1. The van der Waals surface area contributed by atoms with E-state index in [4.69, 9.17) is 10.00 Å². The standard InChI is InChI=1S/C20H13N5O2S/c1-27-17-10-13(7-8-22-17)15-5-6-16-19(23-15)28-20(24-16)25-18(26)14-4-2-3-12(9-14)11-21/h2-10H,1H3,(H,24,25,26). The van der Waals surface area contributed by atoms with E-state index in [9.17, 15) is 4.79 Å². The number of amides is 1. The summed E-state index contributed by atoms with van der Waals surface area (Å²) in [6.07, 6.45) is 1.66. The molecule has 1 N–H and O–H groups in total. The van der Waals surface area contributed by atoms with Gasteiger partial charge in [0.25, 0.3) is 5.91 Å². The second-order valence-corrected chi connectivity index (χ2v) is 6.75. The van der Waals surface area contributed by atoms with Gasteiger partial charge in [-0.3, -0.25) is 10.1 Å². The second kappa shape index (κ2) is 7.42. The molecule has 1 aromatic carbocycles. The molecule has 3 heterocycles. The largest absolute Gasteiger partial charge is 0.481 e. The maximum Gasteiger partial charge on any atom is 0.257 e. The summed E-state index contributed by atoms with van der Waals surface area (Å²) in [4.78, 5) is 26.3. The molecular formula is C20H13N5O2S. The molecule has 4 aromatic rings. The summed E-state index contributed by atoms with van der Waals surface area (Å²) in [5.41, 5.74) is 3.15. The molecule has 28 heavy (non-hydrogen) atoms. The molecule has 0 aliphatic heterocycles. The molecule has 0 aliphatic rings. The average Bonchev–Trinajstić information content (AvgIpc) is 3.15. The Balaban J connectivity index is 1.61. The molecule has 8 heteroatoms. The van der Waals surface area contributed by atoms with E-state index in [1.165, 1.54) is 17.4 Å². The molecule has 0 fully saturated rings. The summed E-state index contributed by atoms with van der Waals surface area (Å²) >= 11 is 1.28. The summed E-state index contributed by atoms with van der Waals surface area (Å²) in [6, 6.07) is 15.9. The Labute approximate surface area is 164 Å². The Morgan fingerprint density at radius 1 is 1.18 bits per heavy atom. The molecule has 0 radical (unpaired) electrons. The van der Waals surface area contributed by atoms with Gasteiger partial charge in [-0.25, -0.2) is 15.0 Å². The number of rotatable bonds is 4. The topological polar surface area (TPSA) is 101 Å². The Bertz CT molecular complexity index is 1230. The van der Waals surface area contributed by atoms with Gasteiger partial charge in [0.05, 0.1) is 24.4 Å². The van der Waals surface area contributed by atoms with Gasteiger partial charge in [-0.05, 0) is 36.4 Å². The molecular weight excluding hydrogens is 374 g/mol. The first-order valence-electron chi connectivity index (χ1n) is 8.26. The van der Waals surface area contributed by atoms with Gasteiger partial charge in [-0.1, -0.05) is 17.4 Å². The average molecular weight is 387 g/mol. The Kier molecular flexibility index (Phi) is 4.66. The third-order valence-electron chi connectivity index (χ3n) is 3.97. The molecule has 0 atom stereocenters. The van der Waals surface area contributed by atoms with Gasteiger partial charge < -0.3 is 4.74 Å². The van der Waals surface area contributed by atoms with Crippen LogP contribution in [0.15, 0.2) is 54.7 Å². The fraction of sp³-hybridized carbons (Fsp3) is 0.0500. The SMILES string of the molecule is COc1cc(-c2ccc3nc(NC(=O)c4cccc(C#N)c4)sc3n2)ccn1. The van der Waals surface area contributed by atoms with Crippen LogP contribution in [0.1, 0.15) is 15.9 Å².